The molecule has 0 aliphatic heterocycles. The van der Waals surface area contributed by atoms with E-state index in [4.69, 9.17) is 15.2 Å². The topological polar surface area (TPSA) is 47.7 Å². The fraction of sp³-hybridized carbons (Fsp3) is 0.455. The van der Waals surface area contributed by atoms with Gasteiger partial charge in [0.05, 0.1) is 6.61 Å². The maximum Gasteiger partial charge on any atom is 0.119 e. The lowest BCUT2D eigenvalue weighted by molar-refractivity contribution is 0.219. The number of rotatable bonds is 13. The van der Waals surface area contributed by atoms with Crippen LogP contribution in [-0.2, 0) is 6.42 Å². The second-order valence-electron chi connectivity index (χ2n) is 6.56. The molecular weight excluding hydrogens is 324 g/mol. The fourth-order valence-electron chi connectivity index (χ4n) is 2.70. The van der Waals surface area contributed by atoms with Crippen molar-refractivity contribution in [2.24, 2.45) is 5.73 Å². The molecule has 0 heterocycles. The number of para-hydroxylation sites is 1. The maximum absolute atomic E-state index is 5.84. The Morgan fingerprint density at radius 1 is 0.769 bits per heavy atom. The van der Waals surface area contributed by atoms with E-state index in [-0.39, 0.29) is 0 Å². The third kappa shape index (κ3) is 8.37. The number of nitrogens with zero attached hydrogens (tertiary/aromatic N) is 1. The quantitative estimate of drug-likeness (QED) is 0.555. The average molecular weight is 357 g/mol. The number of hydrogen-bond acceptors (Lipinski definition) is 4. The molecule has 0 amide bonds. The standard InChI is InChI=1S/C22H32N2O2/c1-24(16-7-18-25-21-9-3-2-4-10-21)17-19-26-22-13-11-20(12-14-22)8-5-6-15-23/h2-4,9-14H,5-8,15-19,23H2,1H3. The van der Waals surface area contributed by atoms with Gasteiger partial charge in [-0.3, -0.25) is 0 Å². The van der Waals surface area contributed by atoms with Crippen molar-refractivity contribution in [1.29, 1.82) is 0 Å². The first-order valence-corrected chi connectivity index (χ1v) is 9.56. The molecule has 0 bridgehead atoms. The van der Waals surface area contributed by atoms with E-state index >= 15 is 0 Å². The van der Waals surface area contributed by atoms with Crippen molar-refractivity contribution in [3.63, 3.8) is 0 Å². The molecule has 4 heteroatoms. The largest absolute Gasteiger partial charge is 0.494 e. The summed E-state index contributed by atoms with van der Waals surface area (Å²) in [5, 5.41) is 0. The van der Waals surface area contributed by atoms with Gasteiger partial charge >= 0.3 is 0 Å². The van der Waals surface area contributed by atoms with E-state index < -0.39 is 0 Å². The van der Waals surface area contributed by atoms with Crippen molar-refractivity contribution in [3.8, 4) is 11.5 Å². The lowest BCUT2D eigenvalue weighted by Gasteiger charge is -2.17. The van der Waals surface area contributed by atoms with Crippen LogP contribution in [0.1, 0.15) is 24.8 Å². The fourth-order valence-corrected chi connectivity index (χ4v) is 2.70. The highest BCUT2D eigenvalue weighted by Gasteiger charge is 2.01. The van der Waals surface area contributed by atoms with Gasteiger partial charge in [-0.25, -0.2) is 0 Å². The molecule has 0 radical (unpaired) electrons. The monoisotopic (exact) mass is 356 g/mol. The highest BCUT2D eigenvalue weighted by atomic mass is 16.5. The van der Waals surface area contributed by atoms with Gasteiger partial charge in [-0.1, -0.05) is 30.3 Å². The second-order valence-corrected chi connectivity index (χ2v) is 6.56. The van der Waals surface area contributed by atoms with E-state index in [0.29, 0.717) is 6.61 Å². The summed E-state index contributed by atoms with van der Waals surface area (Å²) in [5.41, 5.74) is 6.88. The van der Waals surface area contributed by atoms with Crippen molar-refractivity contribution in [3.05, 3.63) is 60.2 Å². The zero-order valence-electron chi connectivity index (χ0n) is 15.9. The van der Waals surface area contributed by atoms with Crippen molar-refractivity contribution >= 4 is 0 Å². The lowest BCUT2D eigenvalue weighted by Crippen LogP contribution is -2.26. The molecule has 142 valence electrons. The zero-order valence-corrected chi connectivity index (χ0v) is 15.9. The molecule has 0 saturated carbocycles. The molecule has 0 saturated heterocycles. The predicted octanol–water partition coefficient (Wildman–Crippen LogP) is 3.75. The normalized spacial score (nSPS) is 10.9. The summed E-state index contributed by atoms with van der Waals surface area (Å²) in [7, 11) is 2.12. The third-order valence-electron chi connectivity index (χ3n) is 4.28. The Bertz CT molecular complexity index is 587. The van der Waals surface area contributed by atoms with Crippen LogP contribution in [0.4, 0.5) is 0 Å². The van der Waals surface area contributed by atoms with Crippen molar-refractivity contribution < 1.29 is 9.47 Å². The molecular formula is C22H32N2O2. The van der Waals surface area contributed by atoms with Crippen molar-refractivity contribution in [2.75, 3.05) is 39.9 Å². The van der Waals surface area contributed by atoms with Gasteiger partial charge in [-0.15, -0.1) is 0 Å². The molecule has 0 atom stereocenters. The molecule has 0 aliphatic carbocycles. The van der Waals surface area contributed by atoms with Crippen LogP contribution < -0.4 is 15.2 Å². The van der Waals surface area contributed by atoms with Crippen LogP contribution in [0.2, 0.25) is 0 Å². The van der Waals surface area contributed by atoms with Gasteiger partial charge < -0.3 is 20.1 Å². The van der Waals surface area contributed by atoms with E-state index in [9.17, 15) is 0 Å². The molecule has 2 N–H and O–H groups in total. The Kier molecular flexibility index (Phi) is 9.62. The zero-order chi connectivity index (χ0) is 18.5. The van der Waals surface area contributed by atoms with Crippen LogP contribution in [0.3, 0.4) is 0 Å². The number of hydrogen-bond donors (Lipinski definition) is 1. The molecule has 0 aromatic heterocycles. The Morgan fingerprint density at radius 2 is 1.46 bits per heavy atom. The van der Waals surface area contributed by atoms with Gasteiger partial charge in [0.15, 0.2) is 0 Å². The minimum Gasteiger partial charge on any atom is -0.494 e. The Morgan fingerprint density at radius 3 is 2.19 bits per heavy atom. The van der Waals surface area contributed by atoms with Crippen molar-refractivity contribution in [2.45, 2.75) is 25.7 Å². The first kappa shape index (κ1) is 20.3. The highest BCUT2D eigenvalue weighted by Crippen LogP contribution is 2.14. The minimum atomic E-state index is 0.697. The van der Waals surface area contributed by atoms with Crippen LogP contribution in [-0.4, -0.2) is 44.8 Å². The number of likely N-dealkylation sites (N-methyl/N-ethyl adjacent to an activating group) is 1. The Balaban J connectivity index is 1.54. The van der Waals surface area contributed by atoms with Crippen molar-refractivity contribution in [1.82, 2.24) is 4.90 Å². The highest BCUT2D eigenvalue weighted by molar-refractivity contribution is 5.27. The molecule has 0 aliphatic rings. The molecule has 26 heavy (non-hydrogen) atoms. The van der Waals surface area contributed by atoms with Gasteiger partial charge in [0.2, 0.25) is 0 Å². The number of ether oxygens (including phenoxy) is 2. The summed E-state index contributed by atoms with van der Waals surface area (Å²) in [6.45, 7) is 4.11. The van der Waals surface area contributed by atoms with Crippen LogP contribution >= 0.6 is 0 Å². The van der Waals surface area contributed by atoms with Crippen LogP contribution in [0, 0.1) is 0 Å². The molecule has 2 aromatic rings. The maximum atomic E-state index is 5.84. The second kappa shape index (κ2) is 12.3. The van der Waals surface area contributed by atoms with E-state index in [1.54, 1.807) is 0 Å². The summed E-state index contributed by atoms with van der Waals surface area (Å²) in [5.74, 6) is 1.87. The smallest absolute Gasteiger partial charge is 0.119 e. The Labute approximate surface area is 157 Å². The van der Waals surface area contributed by atoms with Gasteiger partial charge in [0, 0.05) is 13.1 Å². The molecule has 0 spiro atoms. The molecule has 0 unspecified atom stereocenters. The summed E-state index contributed by atoms with van der Waals surface area (Å²) >= 11 is 0. The predicted molar refractivity (Wildman–Crippen MR) is 108 cm³/mol. The first-order valence-electron chi connectivity index (χ1n) is 9.56. The van der Waals surface area contributed by atoms with Gasteiger partial charge in [-0.05, 0) is 69.1 Å². The van der Waals surface area contributed by atoms with Crippen LogP contribution in [0.5, 0.6) is 11.5 Å². The molecule has 2 rings (SSSR count). The SMILES string of the molecule is CN(CCCOc1ccccc1)CCOc1ccc(CCCCN)cc1. The van der Waals surface area contributed by atoms with E-state index in [0.717, 1.165) is 63.4 Å². The third-order valence-corrected chi connectivity index (χ3v) is 4.28. The minimum absolute atomic E-state index is 0.697. The van der Waals surface area contributed by atoms with Crippen LogP contribution in [0.25, 0.3) is 0 Å². The average Bonchev–Trinajstić information content (AvgIpc) is 2.67. The van der Waals surface area contributed by atoms with E-state index in [1.807, 2.05) is 30.3 Å². The molecule has 0 fully saturated rings. The van der Waals surface area contributed by atoms with E-state index in [1.165, 1.54) is 5.56 Å². The van der Waals surface area contributed by atoms with Gasteiger partial charge in [-0.2, -0.15) is 0 Å². The first-order chi connectivity index (χ1) is 12.8. The number of unbranched alkanes of at least 4 members (excludes halogenated alkanes) is 1. The summed E-state index contributed by atoms with van der Waals surface area (Å²) in [4.78, 5) is 2.27. The molecule has 2 aromatic carbocycles. The van der Waals surface area contributed by atoms with Gasteiger partial charge in [0.25, 0.3) is 0 Å². The van der Waals surface area contributed by atoms with Crippen LogP contribution in [0.15, 0.2) is 54.6 Å². The number of aryl methyl sites for hydroxylation is 1. The van der Waals surface area contributed by atoms with E-state index in [2.05, 4.69) is 36.2 Å². The summed E-state index contributed by atoms with van der Waals surface area (Å²) in [6.07, 6.45) is 4.32. The van der Waals surface area contributed by atoms with Gasteiger partial charge in [0.1, 0.15) is 18.1 Å². The number of nitrogens with two attached hydrogens (primary N) is 1. The Hall–Kier alpha value is -2.04. The summed E-state index contributed by atoms with van der Waals surface area (Å²) < 4.78 is 11.6. The number of benzene rings is 2. The molecule has 4 nitrogen and oxygen atoms in total. The lowest BCUT2D eigenvalue weighted by atomic mass is 10.1. The summed E-state index contributed by atoms with van der Waals surface area (Å²) in [6, 6.07) is 18.4.